The average Bonchev–Trinajstić information content (AvgIpc) is 2.78. The lowest BCUT2D eigenvalue weighted by Gasteiger charge is -2.13. The van der Waals surface area contributed by atoms with Gasteiger partial charge in [-0.15, -0.1) is 0 Å². The van der Waals surface area contributed by atoms with Crippen molar-refractivity contribution in [2.75, 3.05) is 13.1 Å². The number of hydrogen-bond acceptors (Lipinski definition) is 4. The van der Waals surface area contributed by atoms with Crippen molar-refractivity contribution in [1.29, 1.82) is 0 Å². The van der Waals surface area contributed by atoms with Crippen LogP contribution in [0.3, 0.4) is 0 Å². The van der Waals surface area contributed by atoms with E-state index in [4.69, 9.17) is 5.73 Å². The van der Waals surface area contributed by atoms with Gasteiger partial charge in [-0.05, 0) is 18.9 Å². The molecule has 0 aromatic carbocycles. The van der Waals surface area contributed by atoms with E-state index in [9.17, 15) is 8.42 Å². The first-order valence-corrected chi connectivity index (χ1v) is 6.77. The Hall–Kier alpha value is -0.920. The van der Waals surface area contributed by atoms with E-state index in [1.165, 1.54) is 12.4 Å². The van der Waals surface area contributed by atoms with Crippen LogP contribution in [-0.2, 0) is 10.0 Å². The van der Waals surface area contributed by atoms with E-state index >= 15 is 0 Å². The number of sulfonamides is 1. The number of rotatable bonds is 7. The molecule has 1 unspecified atom stereocenters. The summed E-state index contributed by atoms with van der Waals surface area (Å²) >= 11 is 0. The molecule has 0 aliphatic carbocycles. The highest BCUT2D eigenvalue weighted by Crippen LogP contribution is 2.09. The van der Waals surface area contributed by atoms with Crippen LogP contribution in [-0.4, -0.2) is 31.7 Å². The molecule has 4 N–H and O–H groups in total. The van der Waals surface area contributed by atoms with Crippen LogP contribution >= 0.6 is 0 Å². The number of nitrogens with one attached hydrogen (secondary N) is 2. The SMILES string of the molecule is CCC(CCN)CNS(=O)(=O)c1cn[nH]c1. The van der Waals surface area contributed by atoms with E-state index in [1.54, 1.807) is 0 Å². The van der Waals surface area contributed by atoms with Crippen molar-refractivity contribution >= 4 is 10.0 Å². The van der Waals surface area contributed by atoms with Crippen LogP contribution in [0.4, 0.5) is 0 Å². The van der Waals surface area contributed by atoms with Crippen LogP contribution in [0, 0.1) is 5.92 Å². The predicted molar refractivity (Wildman–Crippen MR) is 61.2 cm³/mol. The third kappa shape index (κ3) is 3.58. The fraction of sp³-hybridized carbons (Fsp3) is 0.667. The molecule has 1 atom stereocenters. The van der Waals surface area contributed by atoms with Crippen molar-refractivity contribution in [2.24, 2.45) is 11.7 Å². The summed E-state index contributed by atoms with van der Waals surface area (Å²) in [4.78, 5) is 0.162. The fourth-order valence-corrected chi connectivity index (χ4v) is 2.40. The quantitative estimate of drug-likeness (QED) is 0.633. The summed E-state index contributed by atoms with van der Waals surface area (Å²) in [7, 11) is -3.42. The third-order valence-electron chi connectivity index (χ3n) is 2.50. The van der Waals surface area contributed by atoms with Gasteiger partial charge in [0.1, 0.15) is 4.90 Å². The lowest BCUT2D eigenvalue weighted by molar-refractivity contribution is 0.466. The van der Waals surface area contributed by atoms with E-state index in [1.807, 2.05) is 6.92 Å². The van der Waals surface area contributed by atoms with Crippen molar-refractivity contribution in [1.82, 2.24) is 14.9 Å². The number of hydrogen-bond donors (Lipinski definition) is 3. The van der Waals surface area contributed by atoms with Gasteiger partial charge in [-0.2, -0.15) is 5.10 Å². The van der Waals surface area contributed by atoms with Gasteiger partial charge in [-0.1, -0.05) is 13.3 Å². The van der Waals surface area contributed by atoms with E-state index in [-0.39, 0.29) is 10.8 Å². The van der Waals surface area contributed by atoms with Crippen LogP contribution in [0.2, 0.25) is 0 Å². The highest BCUT2D eigenvalue weighted by Gasteiger charge is 2.16. The number of aromatic nitrogens is 2. The van der Waals surface area contributed by atoms with Crippen molar-refractivity contribution in [3.63, 3.8) is 0 Å². The summed E-state index contributed by atoms with van der Waals surface area (Å²) in [6, 6.07) is 0. The number of aromatic amines is 1. The van der Waals surface area contributed by atoms with E-state index < -0.39 is 10.0 Å². The second kappa shape index (κ2) is 5.97. The highest BCUT2D eigenvalue weighted by atomic mass is 32.2. The van der Waals surface area contributed by atoms with Gasteiger partial charge in [0.25, 0.3) is 0 Å². The van der Waals surface area contributed by atoms with Gasteiger partial charge in [0.2, 0.25) is 10.0 Å². The summed E-state index contributed by atoms with van der Waals surface area (Å²) in [6.45, 7) is 3.01. The molecule has 0 radical (unpaired) electrons. The minimum Gasteiger partial charge on any atom is -0.330 e. The molecule has 1 rings (SSSR count). The molecule has 0 amide bonds. The Kier molecular flexibility index (Phi) is 4.91. The monoisotopic (exact) mass is 246 g/mol. The van der Waals surface area contributed by atoms with E-state index in [0.717, 1.165) is 12.8 Å². The number of nitrogens with zero attached hydrogens (tertiary/aromatic N) is 1. The summed E-state index contributed by atoms with van der Waals surface area (Å²) < 4.78 is 26.0. The topological polar surface area (TPSA) is 101 Å². The number of nitrogens with two attached hydrogens (primary N) is 1. The molecule has 0 fully saturated rings. The van der Waals surface area contributed by atoms with Crippen molar-refractivity contribution in [3.8, 4) is 0 Å². The predicted octanol–water partition coefficient (Wildman–Crippen LogP) is 0.0630. The largest absolute Gasteiger partial charge is 0.330 e. The lowest BCUT2D eigenvalue weighted by Crippen LogP contribution is -2.30. The highest BCUT2D eigenvalue weighted by molar-refractivity contribution is 7.89. The molecule has 92 valence electrons. The maximum Gasteiger partial charge on any atom is 0.243 e. The van der Waals surface area contributed by atoms with E-state index in [0.29, 0.717) is 13.1 Å². The molecule has 0 saturated heterocycles. The molecule has 0 spiro atoms. The zero-order valence-corrected chi connectivity index (χ0v) is 10.1. The molecule has 0 bridgehead atoms. The molecular weight excluding hydrogens is 228 g/mol. The van der Waals surface area contributed by atoms with Gasteiger partial charge in [-0.3, -0.25) is 5.10 Å². The van der Waals surface area contributed by atoms with E-state index in [2.05, 4.69) is 14.9 Å². The Bertz CT molecular complexity index is 388. The van der Waals surface area contributed by atoms with Crippen LogP contribution in [0.1, 0.15) is 19.8 Å². The van der Waals surface area contributed by atoms with Crippen LogP contribution in [0.15, 0.2) is 17.3 Å². The average molecular weight is 246 g/mol. The molecule has 1 aromatic heterocycles. The summed E-state index contributed by atoms with van der Waals surface area (Å²) in [5.74, 6) is 0.284. The van der Waals surface area contributed by atoms with Gasteiger partial charge < -0.3 is 5.73 Å². The minimum atomic E-state index is -3.42. The van der Waals surface area contributed by atoms with Crippen LogP contribution < -0.4 is 10.5 Å². The Morgan fingerprint density at radius 2 is 2.38 bits per heavy atom. The third-order valence-corrected chi connectivity index (χ3v) is 3.89. The normalized spacial score (nSPS) is 13.9. The van der Waals surface area contributed by atoms with Crippen LogP contribution in [0.25, 0.3) is 0 Å². The van der Waals surface area contributed by atoms with Crippen molar-refractivity contribution in [2.45, 2.75) is 24.7 Å². The summed E-state index contributed by atoms with van der Waals surface area (Å²) in [5.41, 5.74) is 5.45. The van der Waals surface area contributed by atoms with Crippen molar-refractivity contribution < 1.29 is 8.42 Å². The summed E-state index contributed by atoms with van der Waals surface area (Å²) in [5, 5.41) is 6.08. The minimum absolute atomic E-state index is 0.162. The van der Waals surface area contributed by atoms with Gasteiger partial charge in [0.05, 0.1) is 6.20 Å². The van der Waals surface area contributed by atoms with Gasteiger partial charge in [-0.25, -0.2) is 13.1 Å². The molecule has 1 aromatic rings. The molecule has 7 heteroatoms. The first-order valence-electron chi connectivity index (χ1n) is 5.28. The zero-order valence-electron chi connectivity index (χ0n) is 9.31. The standard InChI is InChI=1S/C9H18N4O2S/c1-2-8(3-4-10)5-13-16(14,15)9-6-11-12-7-9/h6-8,13H,2-5,10H2,1H3,(H,11,12). The second-order valence-corrected chi connectivity index (χ2v) is 5.40. The number of H-pyrrole nitrogens is 1. The molecule has 16 heavy (non-hydrogen) atoms. The smallest absolute Gasteiger partial charge is 0.243 e. The van der Waals surface area contributed by atoms with Gasteiger partial charge >= 0.3 is 0 Å². The Balaban J connectivity index is 2.54. The van der Waals surface area contributed by atoms with Gasteiger partial charge in [0, 0.05) is 12.7 Å². The molecule has 1 heterocycles. The second-order valence-electron chi connectivity index (χ2n) is 3.64. The zero-order chi connectivity index (χ0) is 12.0. The Morgan fingerprint density at radius 1 is 1.62 bits per heavy atom. The molecule has 0 aliphatic heterocycles. The summed E-state index contributed by atoms with van der Waals surface area (Å²) in [6.07, 6.45) is 4.37. The maximum absolute atomic E-state index is 11.7. The van der Waals surface area contributed by atoms with Gasteiger partial charge in [0.15, 0.2) is 0 Å². The Morgan fingerprint density at radius 3 is 2.88 bits per heavy atom. The molecule has 0 saturated carbocycles. The first kappa shape index (κ1) is 13.1. The molecule has 6 nitrogen and oxygen atoms in total. The van der Waals surface area contributed by atoms with Crippen LogP contribution in [0.5, 0.6) is 0 Å². The first-order chi connectivity index (χ1) is 7.60. The fourth-order valence-electron chi connectivity index (χ4n) is 1.38. The Labute approximate surface area is 95.7 Å². The maximum atomic E-state index is 11.7. The molecular formula is C9H18N4O2S. The van der Waals surface area contributed by atoms with Crippen molar-refractivity contribution in [3.05, 3.63) is 12.4 Å². The lowest BCUT2D eigenvalue weighted by atomic mass is 10.0. The molecule has 0 aliphatic rings.